The molecule has 148 valence electrons. The largest absolute Gasteiger partial charge is 0.501 e. The summed E-state index contributed by atoms with van der Waals surface area (Å²) in [5.74, 6) is -0.907. The van der Waals surface area contributed by atoms with Gasteiger partial charge in [0.05, 0.1) is 0 Å². The monoisotopic (exact) mass is 385 g/mol. The molecule has 0 unspecified atom stereocenters. The minimum atomic E-state index is -0.604. The number of nitrogens with one attached hydrogen (secondary N) is 1. The van der Waals surface area contributed by atoms with E-state index in [1.807, 2.05) is 0 Å². The molecule has 1 fully saturated rings. The smallest absolute Gasteiger partial charge is 0.296 e. The van der Waals surface area contributed by atoms with Crippen molar-refractivity contribution in [2.45, 2.75) is 63.5 Å². The van der Waals surface area contributed by atoms with Gasteiger partial charge in [-0.15, -0.1) is 0 Å². The maximum atomic E-state index is 13.0. The van der Waals surface area contributed by atoms with Crippen LogP contribution in [0, 0.1) is 5.82 Å². The summed E-state index contributed by atoms with van der Waals surface area (Å²) in [6.07, 6.45) is 7.10. The van der Waals surface area contributed by atoms with Crippen LogP contribution in [0.5, 0.6) is 5.75 Å². The van der Waals surface area contributed by atoms with Crippen LogP contribution in [-0.4, -0.2) is 20.6 Å². The molecular formula is C21H24FN3O3. The second-order valence-electron chi connectivity index (χ2n) is 7.84. The molecule has 0 saturated heterocycles. The number of carbonyl (C=O) groups excluding carboxylic acids is 1. The van der Waals surface area contributed by atoms with Crippen molar-refractivity contribution in [3.63, 3.8) is 0 Å². The first-order valence-electron chi connectivity index (χ1n) is 9.87. The molecule has 1 aromatic heterocycles. The maximum Gasteiger partial charge on any atom is 0.296 e. The number of fused-ring (bicyclic) bond motifs is 2. The van der Waals surface area contributed by atoms with E-state index in [-0.39, 0.29) is 23.5 Å². The molecular weight excluding hydrogens is 361 g/mol. The minimum absolute atomic E-state index is 0.157. The third-order valence-electron chi connectivity index (χ3n) is 6.05. The normalized spacial score (nSPS) is 17.9. The lowest BCUT2D eigenvalue weighted by atomic mass is 9.69. The Kier molecular flexibility index (Phi) is 4.91. The van der Waals surface area contributed by atoms with Gasteiger partial charge in [-0.3, -0.25) is 14.2 Å². The first-order valence-corrected chi connectivity index (χ1v) is 9.87. The predicted octanol–water partition coefficient (Wildman–Crippen LogP) is 3.01. The molecule has 7 heteroatoms. The average Bonchev–Trinajstić information content (AvgIpc) is 2.71. The van der Waals surface area contributed by atoms with Gasteiger partial charge in [-0.05, 0) is 43.4 Å². The van der Waals surface area contributed by atoms with Crippen molar-refractivity contribution in [2.24, 2.45) is 0 Å². The predicted molar refractivity (Wildman–Crippen MR) is 102 cm³/mol. The molecule has 6 nitrogen and oxygen atoms in total. The molecule has 2 heterocycles. The van der Waals surface area contributed by atoms with Crippen molar-refractivity contribution in [1.82, 2.24) is 14.9 Å². The summed E-state index contributed by atoms with van der Waals surface area (Å²) in [5, 5.41) is 13.0. The zero-order valence-corrected chi connectivity index (χ0v) is 15.7. The number of amides is 1. The van der Waals surface area contributed by atoms with Gasteiger partial charge in [-0.25, -0.2) is 9.37 Å². The lowest BCUT2D eigenvalue weighted by molar-refractivity contribution is 0.0939. The number of rotatable bonds is 3. The summed E-state index contributed by atoms with van der Waals surface area (Å²) < 4.78 is 14.6. The van der Waals surface area contributed by atoms with Gasteiger partial charge in [0.15, 0.2) is 5.69 Å². The molecule has 0 bridgehead atoms. The van der Waals surface area contributed by atoms with Crippen LogP contribution < -0.4 is 10.9 Å². The summed E-state index contributed by atoms with van der Waals surface area (Å²) >= 11 is 0. The van der Waals surface area contributed by atoms with E-state index in [2.05, 4.69) is 10.3 Å². The number of carbonyl (C=O) groups is 1. The molecule has 28 heavy (non-hydrogen) atoms. The summed E-state index contributed by atoms with van der Waals surface area (Å²) in [5.41, 5.74) is -0.213. The third-order valence-corrected chi connectivity index (χ3v) is 6.05. The van der Waals surface area contributed by atoms with Gasteiger partial charge in [0, 0.05) is 18.5 Å². The molecule has 1 amide bonds. The number of aromatic hydroxyl groups is 1. The number of halogens is 1. The van der Waals surface area contributed by atoms with Crippen molar-refractivity contribution < 1.29 is 14.3 Å². The van der Waals surface area contributed by atoms with E-state index in [1.165, 1.54) is 18.6 Å². The van der Waals surface area contributed by atoms with Gasteiger partial charge >= 0.3 is 0 Å². The highest BCUT2D eigenvalue weighted by atomic mass is 19.1. The lowest BCUT2D eigenvalue weighted by Crippen LogP contribution is -2.43. The van der Waals surface area contributed by atoms with Crippen LogP contribution in [0.2, 0.25) is 0 Å². The van der Waals surface area contributed by atoms with Crippen LogP contribution in [0.15, 0.2) is 29.1 Å². The molecule has 1 aliphatic carbocycles. The minimum Gasteiger partial charge on any atom is -0.501 e. The number of benzene rings is 1. The zero-order chi connectivity index (χ0) is 19.7. The van der Waals surface area contributed by atoms with Crippen LogP contribution in [-0.2, 0) is 18.5 Å². The van der Waals surface area contributed by atoms with Crippen molar-refractivity contribution in [1.29, 1.82) is 0 Å². The van der Waals surface area contributed by atoms with Crippen LogP contribution in [0.3, 0.4) is 0 Å². The molecule has 0 radical (unpaired) electrons. The number of aromatic nitrogens is 2. The molecule has 2 aliphatic rings. The van der Waals surface area contributed by atoms with Crippen LogP contribution in [0.1, 0.15) is 66.8 Å². The second-order valence-corrected chi connectivity index (χ2v) is 7.84. The first-order chi connectivity index (χ1) is 13.5. The fourth-order valence-corrected chi connectivity index (χ4v) is 4.57. The standard InChI is InChI=1S/C21H24FN3O3/c22-15-7-5-14(6-8-15)13-23-18(27)16-17(26)19(28)25-12-4-11-21(20(25)24-16)9-2-1-3-10-21/h5-8,26H,1-4,9-13H2,(H,23,27). The summed E-state index contributed by atoms with van der Waals surface area (Å²) in [7, 11) is 0. The van der Waals surface area contributed by atoms with Crippen LogP contribution >= 0.6 is 0 Å². The summed E-state index contributed by atoms with van der Waals surface area (Å²) in [6.45, 7) is 0.678. The van der Waals surface area contributed by atoms with Gasteiger partial charge in [-0.1, -0.05) is 31.4 Å². The Bertz CT molecular complexity index is 947. The van der Waals surface area contributed by atoms with E-state index in [4.69, 9.17) is 0 Å². The zero-order valence-electron chi connectivity index (χ0n) is 15.7. The van der Waals surface area contributed by atoms with Crippen molar-refractivity contribution in [3.05, 3.63) is 57.5 Å². The SMILES string of the molecule is O=C(NCc1ccc(F)cc1)c1nc2n(c(=O)c1O)CCCC21CCCCC1. The lowest BCUT2D eigenvalue weighted by Gasteiger charge is -2.41. The molecule has 2 aromatic rings. The number of hydrogen-bond donors (Lipinski definition) is 2. The molecule has 1 aromatic carbocycles. The molecule has 1 saturated carbocycles. The van der Waals surface area contributed by atoms with Crippen molar-refractivity contribution in [2.75, 3.05) is 0 Å². The maximum absolute atomic E-state index is 13.0. The highest BCUT2D eigenvalue weighted by Crippen LogP contribution is 2.44. The Hall–Kier alpha value is -2.70. The first kappa shape index (κ1) is 18.7. The van der Waals surface area contributed by atoms with Gasteiger partial charge < -0.3 is 10.4 Å². The Morgan fingerprint density at radius 3 is 2.54 bits per heavy atom. The number of nitrogens with zero attached hydrogens (tertiary/aromatic N) is 2. The van der Waals surface area contributed by atoms with Crippen molar-refractivity contribution in [3.8, 4) is 5.75 Å². The summed E-state index contributed by atoms with van der Waals surface area (Å²) in [6, 6.07) is 5.77. The molecule has 2 N–H and O–H groups in total. The Morgan fingerprint density at radius 2 is 1.82 bits per heavy atom. The number of hydrogen-bond acceptors (Lipinski definition) is 4. The fraction of sp³-hybridized carbons (Fsp3) is 0.476. The Morgan fingerprint density at radius 1 is 1.14 bits per heavy atom. The van der Waals surface area contributed by atoms with Gasteiger partial charge in [0.25, 0.3) is 11.5 Å². The molecule has 1 spiro atoms. The van der Waals surface area contributed by atoms with Crippen LogP contribution in [0.25, 0.3) is 0 Å². The fourth-order valence-electron chi connectivity index (χ4n) is 4.57. The van der Waals surface area contributed by atoms with E-state index >= 15 is 0 Å². The van der Waals surface area contributed by atoms with Gasteiger partial charge in [0.1, 0.15) is 11.6 Å². The van der Waals surface area contributed by atoms with E-state index in [0.29, 0.717) is 17.9 Å². The average molecular weight is 385 g/mol. The molecule has 4 rings (SSSR count). The second kappa shape index (κ2) is 7.37. The highest BCUT2D eigenvalue weighted by molar-refractivity contribution is 5.94. The molecule has 0 atom stereocenters. The third kappa shape index (κ3) is 3.30. The quantitative estimate of drug-likeness (QED) is 0.851. The van der Waals surface area contributed by atoms with E-state index < -0.39 is 17.2 Å². The van der Waals surface area contributed by atoms with Crippen molar-refractivity contribution >= 4 is 5.91 Å². The topological polar surface area (TPSA) is 84.2 Å². The van der Waals surface area contributed by atoms with E-state index in [9.17, 15) is 19.1 Å². The van der Waals surface area contributed by atoms with E-state index in [0.717, 1.165) is 38.5 Å². The van der Waals surface area contributed by atoms with Gasteiger partial charge in [-0.2, -0.15) is 0 Å². The van der Waals surface area contributed by atoms with Crippen LogP contribution in [0.4, 0.5) is 4.39 Å². The Balaban J connectivity index is 1.65. The van der Waals surface area contributed by atoms with E-state index in [1.54, 1.807) is 16.7 Å². The summed E-state index contributed by atoms with van der Waals surface area (Å²) in [4.78, 5) is 29.9. The van der Waals surface area contributed by atoms with Gasteiger partial charge in [0.2, 0.25) is 5.75 Å². The molecule has 1 aliphatic heterocycles. The highest BCUT2D eigenvalue weighted by Gasteiger charge is 2.41. The Labute approximate surface area is 162 Å².